The predicted octanol–water partition coefficient (Wildman–Crippen LogP) is 7.51. The number of phenolic OH excluding ortho intramolecular Hbond substituents is 1. The van der Waals surface area contributed by atoms with Crippen LogP contribution >= 0.6 is 0 Å². The van der Waals surface area contributed by atoms with Gasteiger partial charge in [0.25, 0.3) is 0 Å². The molecule has 5 heteroatoms. The average Bonchev–Trinajstić information content (AvgIpc) is 3.54. The van der Waals surface area contributed by atoms with Crippen LogP contribution in [0.4, 0.5) is 0 Å². The highest BCUT2D eigenvalue weighted by molar-refractivity contribution is 6.14. The minimum atomic E-state index is 0.232. The van der Waals surface area contributed by atoms with E-state index in [0.717, 1.165) is 60.8 Å². The van der Waals surface area contributed by atoms with E-state index in [-0.39, 0.29) is 5.75 Å². The highest BCUT2D eigenvalue weighted by Gasteiger charge is 2.17. The fraction of sp³-hybridized carbons (Fsp3) is 0. The van der Waals surface area contributed by atoms with Crippen molar-refractivity contribution in [3.63, 3.8) is 0 Å². The molecule has 0 aliphatic heterocycles. The van der Waals surface area contributed by atoms with E-state index in [4.69, 9.17) is 9.97 Å². The molecule has 0 aliphatic rings. The summed E-state index contributed by atoms with van der Waals surface area (Å²) in [5, 5.41) is 16.0. The van der Waals surface area contributed by atoms with E-state index in [1.54, 1.807) is 6.07 Å². The quantitative estimate of drug-likeness (QED) is 0.263. The Labute approximate surface area is 211 Å². The van der Waals surface area contributed by atoms with Crippen molar-refractivity contribution in [2.24, 2.45) is 0 Å². The zero-order valence-electron chi connectivity index (χ0n) is 19.7. The maximum absolute atomic E-state index is 10.8. The van der Waals surface area contributed by atoms with Crippen LogP contribution in [0.15, 0.2) is 116 Å². The van der Waals surface area contributed by atoms with Crippen LogP contribution in [0.1, 0.15) is 0 Å². The van der Waals surface area contributed by atoms with Crippen LogP contribution in [-0.4, -0.2) is 24.0 Å². The van der Waals surface area contributed by atoms with Crippen molar-refractivity contribution in [1.29, 1.82) is 0 Å². The van der Waals surface area contributed by atoms with Crippen molar-refractivity contribution < 1.29 is 5.11 Å². The number of benzene rings is 4. The number of aromatic hydroxyl groups is 1. The molecule has 1 N–H and O–H groups in total. The topological polar surface area (TPSA) is 55.4 Å². The smallest absolute Gasteiger partial charge is 0.149 e. The molecule has 5 nitrogen and oxygen atoms in total. The van der Waals surface area contributed by atoms with Gasteiger partial charge in [-0.25, -0.2) is 9.97 Å². The van der Waals surface area contributed by atoms with Crippen molar-refractivity contribution in [3.8, 4) is 22.7 Å². The van der Waals surface area contributed by atoms with Gasteiger partial charge in [0, 0.05) is 39.8 Å². The summed E-state index contributed by atoms with van der Waals surface area (Å²) in [6, 6.07) is 34.8. The zero-order chi connectivity index (χ0) is 24.5. The minimum Gasteiger partial charge on any atom is -0.507 e. The molecule has 8 rings (SSSR count). The van der Waals surface area contributed by atoms with Gasteiger partial charge in [0.15, 0.2) is 0 Å². The summed E-state index contributed by atoms with van der Waals surface area (Å²) in [6.45, 7) is 0. The number of hydrogen-bond donors (Lipinski definition) is 1. The molecule has 0 fully saturated rings. The number of phenols is 1. The maximum Gasteiger partial charge on any atom is 0.149 e. The zero-order valence-corrected chi connectivity index (χ0v) is 19.7. The number of hydrogen-bond acceptors (Lipinski definition) is 3. The molecule has 0 saturated heterocycles. The molecular weight excluding hydrogens is 456 g/mol. The molecule has 4 aromatic heterocycles. The largest absolute Gasteiger partial charge is 0.507 e. The van der Waals surface area contributed by atoms with Crippen LogP contribution in [-0.2, 0) is 0 Å². The molecule has 0 aliphatic carbocycles. The second-order valence-electron chi connectivity index (χ2n) is 9.31. The second-order valence-corrected chi connectivity index (χ2v) is 9.31. The van der Waals surface area contributed by atoms with Gasteiger partial charge >= 0.3 is 0 Å². The Morgan fingerprint density at radius 1 is 0.622 bits per heavy atom. The molecule has 0 spiro atoms. The van der Waals surface area contributed by atoms with Crippen molar-refractivity contribution in [2.45, 2.75) is 0 Å². The Morgan fingerprint density at radius 2 is 1.35 bits per heavy atom. The van der Waals surface area contributed by atoms with Gasteiger partial charge in [-0.2, -0.15) is 0 Å². The first-order valence-electron chi connectivity index (χ1n) is 12.2. The van der Waals surface area contributed by atoms with Crippen LogP contribution in [0.2, 0.25) is 0 Å². The molecule has 0 amide bonds. The summed E-state index contributed by atoms with van der Waals surface area (Å²) in [7, 11) is 0. The summed E-state index contributed by atoms with van der Waals surface area (Å²) in [5.41, 5.74) is 6.70. The summed E-state index contributed by atoms with van der Waals surface area (Å²) in [6.07, 6.45) is 3.90. The molecule has 4 aromatic carbocycles. The summed E-state index contributed by atoms with van der Waals surface area (Å²) in [5.74, 6) is 0.232. The minimum absolute atomic E-state index is 0.232. The van der Waals surface area contributed by atoms with Crippen molar-refractivity contribution in [3.05, 3.63) is 116 Å². The Hall–Kier alpha value is -5.16. The van der Waals surface area contributed by atoms with E-state index in [2.05, 4.69) is 81.9 Å². The van der Waals surface area contributed by atoms with Crippen LogP contribution in [0.25, 0.3) is 66.2 Å². The third-order valence-electron chi connectivity index (χ3n) is 7.26. The lowest BCUT2D eigenvalue weighted by Gasteiger charge is -2.08. The average molecular weight is 477 g/mol. The van der Waals surface area contributed by atoms with Crippen molar-refractivity contribution >= 4 is 49.3 Å². The Bertz CT molecular complexity index is 2120. The molecule has 37 heavy (non-hydrogen) atoms. The number of imidazole rings is 1. The first kappa shape index (κ1) is 20.1. The normalized spacial score (nSPS) is 11.9. The Kier molecular flexibility index (Phi) is 4.03. The Balaban J connectivity index is 1.40. The van der Waals surface area contributed by atoms with Gasteiger partial charge in [-0.1, -0.05) is 60.7 Å². The van der Waals surface area contributed by atoms with Gasteiger partial charge < -0.3 is 5.11 Å². The lowest BCUT2D eigenvalue weighted by atomic mass is 10.1. The van der Waals surface area contributed by atoms with Gasteiger partial charge in [-0.15, -0.1) is 0 Å². The van der Waals surface area contributed by atoms with Gasteiger partial charge in [0.1, 0.15) is 17.0 Å². The first-order chi connectivity index (χ1) is 18.3. The van der Waals surface area contributed by atoms with E-state index in [9.17, 15) is 5.11 Å². The summed E-state index contributed by atoms with van der Waals surface area (Å²) >= 11 is 0. The van der Waals surface area contributed by atoms with E-state index in [0.29, 0.717) is 0 Å². The molecule has 0 atom stereocenters. The number of pyridine rings is 2. The van der Waals surface area contributed by atoms with Crippen molar-refractivity contribution in [1.82, 2.24) is 18.9 Å². The number of fused-ring (bicyclic) bond motifs is 9. The highest BCUT2D eigenvalue weighted by atomic mass is 16.3. The van der Waals surface area contributed by atoms with E-state index in [1.165, 1.54) is 5.39 Å². The SMILES string of the molecule is Oc1cccc2c3ccccc3n3cc(-c4cccc(-n5c6ccccc6c6cccnc65)c4)nc3c12. The third kappa shape index (κ3) is 2.79. The number of nitrogens with zero attached hydrogens (tertiary/aromatic N) is 4. The molecule has 4 heterocycles. The van der Waals surface area contributed by atoms with E-state index < -0.39 is 0 Å². The number of rotatable bonds is 2. The van der Waals surface area contributed by atoms with Gasteiger partial charge in [-0.3, -0.25) is 8.97 Å². The third-order valence-corrected chi connectivity index (χ3v) is 7.26. The van der Waals surface area contributed by atoms with Crippen LogP contribution < -0.4 is 0 Å². The van der Waals surface area contributed by atoms with Crippen molar-refractivity contribution in [2.75, 3.05) is 0 Å². The van der Waals surface area contributed by atoms with Gasteiger partial charge in [-0.05, 0) is 47.9 Å². The molecule has 0 bridgehead atoms. The fourth-order valence-electron chi connectivity index (χ4n) is 5.65. The van der Waals surface area contributed by atoms with E-state index >= 15 is 0 Å². The lowest BCUT2D eigenvalue weighted by molar-refractivity contribution is 0.482. The molecule has 0 radical (unpaired) electrons. The second kappa shape index (κ2) is 7.42. The van der Waals surface area contributed by atoms with Gasteiger partial charge in [0.05, 0.1) is 22.1 Å². The summed E-state index contributed by atoms with van der Waals surface area (Å²) < 4.78 is 4.29. The number of para-hydroxylation sites is 2. The highest BCUT2D eigenvalue weighted by Crippen LogP contribution is 2.37. The van der Waals surface area contributed by atoms with Crippen LogP contribution in [0, 0.1) is 0 Å². The number of aromatic nitrogens is 4. The van der Waals surface area contributed by atoms with Gasteiger partial charge in [0.2, 0.25) is 0 Å². The fourth-order valence-corrected chi connectivity index (χ4v) is 5.65. The molecule has 174 valence electrons. The molecule has 8 aromatic rings. The van der Waals surface area contributed by atoms with Crippen LogP contribution in [0.5, 0.6) is 5.75 Å². The maximum atomic E-state index is 10.8. The molecule has 0 unspecified atom stereocenters. The summed E-state index contributed by atoms with van der Waals surface area (Å²) in [4.78, 5) is 9.77. The van der Waals surface area contributed by atoms with Crippen LogP contribution in [0.3, 0.4) is 0 Å². The molecule has 0 saturated carbocycles. The first-order valence-corrected chi connectivity index (χ1v) is 12.2. The lowest BCUT2D eigenvalue weighted by Crippen LogP contribution is -1.95. The van der Waals surface area contributed by atoms with E-state index in [1.807, 2.05) is 36.5 Å². The monoisotopic (exact) mass is 476 g/mol. The predicted molar refractivity (Wildman–Crippen MR) is 149 cm³/mol. The molecular formula is C32H20N4O. The Morgan fingerprint density at radius 3 is 2.24 bits per heavy atom. The standard InChI is InChI=1S/C32H20N4O/c37-29-16-6-12-24-22-10-1-3-14-27(22)35-19-26(34-32(35)30(24)29)20-8-5-9-21(18-20)36-28-15-4-2-11-23(28)25-13-7-17-33-31(25)36/h1-19,37H.